The van der Waals surface area contributed by atoms with Crippen molar-refractivity contribution >= 4 is 11.8 Å². The number of pyridine rings is 1. The van der Waals surface area contributed by atoms with Gasteiger partial charge in [0.1, 0.15) is 22.7 Å². The number of aliphatic hydroxyl groups is 1. The lowest BCUT2D eigenvalue weighted by atomic mass is 10.0. The van der Waals surface area contributed by atoms with Gasteiger partial charge in [-0.25, -0.2) is 9.78 Å². The fourth-order valence-corrected chi connectivity index (χ4v) is 3.79. The van der Waals surface area contributed by atoms with Crippen molar-refractivity contribution in [3.8, 4) is 0 Å². The highest BCUT2D eigenvalue weighted by molar-refractivity contribution is 5.88. The molecule has 0 spiro atoms. The van der Waals surface area contributed by atoms with E-state index >= 15 is 0 Å². The molecule has 2 unspecified atom stereocenters. The average molecular weight is 356 g/mol. The molecule has 2 N–H and O–H groups in total. The summed E-state index contributed by atoms with van der Waals surface area (Å²) in [7, 11) is 0. The van der Waals surface area contributed by atoms with E-state index in [1.165, 1.54) is 26.5 Å². The minimum atomic E-state index is -1.31. The number of anilines is 1. The first-order valence-electron chi connectivity index (χ1n) is 8.97. The van der Waals surface area contributed by atoms with Gasteiger partial charge in [-0.2, -0.15) is 5.10 Å². The first-order chi connectivity index (χ1) is 12.2. The van der Waals surface area contributed by atoms with Gasteiger partial charge in [0.15, 0.2) is 0 Å². The first-order valence-corrected chi connectivity index (χ1v) is 8.97. The highest BCUT2D eigenvalue weighted by Gasteiger charge is 2.45. The van der Waals surface area contributed by atoms with Crippen LogP contribution in [0.2, 0.25) is 0 Å². The minimum absolute atomic E-state index is 0.0241. The van der Waals surface area contributed by atoms with Crippen LogP contribution in [0.4, 0.5) is 5.82 Å². The lowest BCUT2D eigenvalue weighted by Crippen LogP contribution is -2.23. The fraction of sp³-hybridized carbons (Fsp3) is 0.526. The van der Waals surface area contributed by atoms with Gasteiger partial charge in [-0.05, 0) is 50.7 Å². The molecule has 0 radical (unpaired) electrons. The van der Waals surface area contributed by atoms with E-state index in [4.69, 9.17) is 4.98 Å². The third-order valence-corrected chi connectivity index (χ3v) is 5.39. The van der Waals surface area contributed by atoms with Gasteiger partial charge in [0.2, 0.25) is 0 Å². The number of aromatic carboxylic acids is 1. The normalized spacial score (nSPS) is 21.8. The first kappa shape index (κ1) is 17.0. The Morgan fingerprint density at radius 3 is 2.54 bits per heavy atom. The summed E-state index contributed by atoms with van der Waals surface area (Å²) >= 11 is 0. The molecule has 7 nitrogen and oxygen atoms in total. The van der Waals surface area contributed by atoms with Crippen molar-refractivity contribution in [1.82, 2.24) is 14.8 Å². The lowest BCUT2D eigenvalue weighted by molar-refractivity contribution is 0.0612. The second-order valence-electron chi connectivity index (χ2n) is 8.03. The Labute approximate surface area is 152 Å². The third kappa shape index (κ3) is 3.07. The van der Waals surface area contributed by atoms with Gasteiger partial charge in [0.05, 0.1) is 6.54 Å². The van der Waals surface area contributed by atoms with Crippen molar-refractivity contribution in [2.24, 2.45) is 11.8 Å². The van der Waals surface area contributed by atoms with Crippen LogP contribution in [0, 0.1) is 18.8 Å². The Kier molecular flexibility index (Phi) is 3.80. The van der Waals surface area contributed by atoms with Gasteiger partial charge in [-0.15, -0.1) is 0 Å². The Bertz CT molecular complexity index is 858. The molecule has 0 aromatic carbocycles. The third-order valence-electron chi connectivity index (χ3n) is 5.39. The van der Waals surface area contributed by atoms with Crippen molar-refractivity contribution in [2.45, 2.75) is 39.3 Å². The van der Waals surface area contributed by atoms with E-state index in [0.29, 0.717) is 6.54 Å². The summed E-state index contributed by atoms with van der Waals surface area (Å²) in [4.78, 5) is 18.5. The molecule has 2 aliphatic rings. The fourth-order valence-electron chi connectivity index (χ4n) is 3.79. The van der Waals surface area contributed by atoms with Gasteiger partial charge in [-0.3, -0.25) is 4.68 Å². The number of piperidine rings is 1. The SMILES string of the molecule is Cc1nc(N2CC3CC3C2)ccc1Cn1cc(C(=O)O)c(C(C)(C)O)n1. The van der Waals surface area contributed by atoms with Crippen molar-refractivity contribution in [1.29, 1.82) is 0 Å². The molecule has 7 heteroatoms. The van der Waals surface area contributed by atoms with Gasteiger partial charge in [0, 0.05) is 25.0 Å². The molecule has 3 heterocycles. The van der Waals surface area contributed by atoms with Crippen molar-refractivity contribution in [2.75, 3.05) is 18.0 Å². The molecular formula is C19H24N4O3. The molecule has 1 aliphatic heterocycles. The zero-order valence-corrected chi connectivity index (χ0v) is 15.3. The maximum atomic E-state index is 11.4. The second-order valence-corrected chi connectivity index (χ2v) is 8.03. The highest BCUT2D eigenvalue weighted by Crippen LogP contribution is 2.45. The predicted octanol–water partition coefficient (Wildman–Crippen LogP) is 2.02. The quantitative estimate of drug-likeness (QED) is 0.852. The van der Waals surface area contributed by atoms with Crippen LogP contribution in [0.5, 0.6) is 0 Å². The van der Waals surface area contributed by atoms with E-state index in [1.807, 2.05) is 19.1 Å². The Hall–Kier alpha value is -2.41. The van der Waals surface area contributed by atoms with E-state index in [0.717, 1.165) is 42.0 Å². The number of aromatic nitrogens is 3. The molecule has 1 saturated carbocycles. The number of carboxylic acids is 1. The molecule has 4 rings (SSSR count). The molecule has 2 fully saturated rings. The van der Waals surface area contributed by atoms with Gasteiger partial charge >= 0.3 is 5.97 Å². The van der Waals surface area contributed by atoms with Crippen LogP contribution in [0.1, 0.15) is 47.6 Å². The molecule has 0 bridgehead atoms. The monoisotopic (exact) mass is 356 g/mol. The number of carbonyl (C=O) groups is 1. The van der Waals surface area contributed by atoms with Crippen LogP contribution < -0.4 is 4.90 Å². The Balaban J connectivity index is 1.56. The Morgan fingerprint density at radius 2 is 2.00 bits per heavy atom. The van der Waals surface area contributed by atoms with E-state index in [9.17, 15) is 15.0 Å². The van der Waals surface area contributed by atoms with Crippen molar-refractivity contribution in [3.05, 3.63) is 40.8 Å². The average Bonchev–Trinajstić information content (AvgIpc) is 2.96. The maximum absolute atomic E-state index is 11.4. The zero-order valence-electron chi connectivity index (χ0n) is 15.3. The molecule has 1 saturated heterocycles. The molecule has 2 aromatic rings. The molecular weight excluding hydrogens is 332 g/mol. The van der Waals surface area contributed by atoms with Crippen molar-refractivity contribution < 1.29 is 15.0 Å². The number of nitrogens with zero attached hydrogens (tertiary/aromatic N) is 4. The van der Waals surface area contributed by atoms with Gasteiger partial charge in [-0.1, -0.05) is 6.07 Å². The van der Waals surface area contributed by atoms with Gasteiger partial charge < -0.3 is 15.1 Å². The van der Waals surface area contributed by atoms with Crippen LogP contribution in [0.3, 0.4) is 0 Å². The standard InChI is InChI=1S/C19H24N4O3/c1-11-12(4-5-16(20-11)22-7-13-6-14(13)8-22)9-23-10-15(18(24)25)17(21-23)19(2,3)26/h4-5,10,13-14,26H,6-9H2,1-3H3,(H,24,25). The highest BCUT2D eigenvalue weighted by atomic mass is 16.4. The molecule has 26 heavy (non-hydrogen) atoms. The van der Waals surface area contributed by atoms with Crippen LogP contribution in [0.25, 0.3) is 0 Å². The van der Waals surface area contributed by atoms with Crippen molar-refractivity contribution in [3.63, 3.8) is 0 Å². The number of hydrogen-bond donors (Lipinski definition) is 2. The van der Waals surface area contributed by atoms with E-state index < -0.39 is 11.6 Å². The van der Waals surface area contributed by atoms with Crippen LogP contribution in [-0.4, -0.2) is 44.0 Å². The molecule has 1 aliphatic carbocycles. The number of hydrogen-bond acceptors (Lipinski definition) is 5. The number of fused-ring (bicyclic) bond motifs is 1. The van der Waals surface area contributed by atoms with Crippen LogP contribution >= 0.6 is 0 Å². The second kappa shape index (κ2) is 5.81. The van der Waals surface area contributed by atoms with E-state index in [1.54, 1.807) is 4.68 Å². The summed E-state index contributed by atoms with van der Waals surface area (Å²) in [5, 5.41) is 23.8. The molecule has 138 valence electrons. The lowest BCUT2D eigenvalue weighted by Gasteiger charge is -2.20. The smallest absolute Gasteiger partial charge is 0.339 e. The largest absolute Gasteiger partial charge is 0.478 e. The topological polar surface area (TPSA) is 91.5 Å². The predicted molar refractivity (Wildman–Crippen MR) is 96.3 cm³/mol. The summed E-state index contributed by atoms with van der Waals surface area (Å²) in [5.41, 5.74) is 0.784. The molecule has 2 aromatic heterocycles. The molecule has 2 atom stereocenters. The number of rotatable bonds is 5. The summed E-state index contributed by atoms with van der Waals surface area (Å²) in [5.74, 6) is 1.64. The van der Waals surface area contributed by atoms with Crippen LogP contribution in [-0.2, 0) is 12.1 Å². The summed E-state index contributed by atoms with van der Waals surface area (Å²) in [6, 6.07) is 4.07. The minimum Gasteiger partial charge on any atom is -0.478 e. The summed E-state index contributed by atoms with van der Waals surface area (Å²) in [6.07, 6.45) is 2.83. The van der Waals surface area contributed by atoms with Gasteiger partial charge in [0.25, 0.3) is 0 Å². The van der Waals surface area contributed by atoms with Crippen LogP contribution in [0.15, 0.2) is 18.3 Å². The number of carboxylic acid groups (broad SMARTS) is 1. The van der Waals surface area contributed by atoms with E-state index in [2.05, 4.69) is 10.00 Å². The number of aryl methyl sites for hydroxylation is 1. The summed E-state index contributed by atoms with van der Waals surface area (Å²) in [6.45, 7) is 7.66. The Morgan fingerprint density at radius 1 is 1.31 bits per heavy atom. The molecule has 0 amide bonds. The maximum Gasteiger partial charge on any atom is 0.339 e. The van der Waals surface area contributed by atoms with E-state index in [-0.39, 0.29) is 11.3 Å². The zero-order chi connectivity index (χ0) is 18.6. The summed E-state index contributed by atoms with van der Waals surface area (Å²) < 4.78 is 1.56.